The number of nitrogens with two attached hydrogens (primary N) is 1. The fourth-order valence-electron chi connectivity index (χ4n) is 1.74. The molecule has 1 aromatic carbocycles. The Kier molecular flexibility index (Phi) is 2.97. The second-order valence-electron chi connectivity index (χ2n) is 3.95. The predicted octanol–water partition coefficient (Wildman–Crippen LogP) is 2.90. The van der Waals surface area contributed by atoms with E-state index in [1.54, 1.807) is 27.7 Å². The molecule has 0 aliphatic rings. The van der Waals surface area contributed by atoms with Gasteiger partial charge in [0.1, 0.15) is 0 Å². The van der Waals surface area contributed by atoms with Gasteiger partial charge in [0, 0.05) is 17.5 Å². The summed E-state index contributed by atoms with van der Waals surface area (Å²) >= 11 is 3.43. The zero-order valence-corrected chi connectivity index (χ0v) is 11.5. The van der Waals surface area contributed by atoms with Crippen LogP contribution < -0.4 is 5.73 Å². The molecule has 2 heterocycles. The number of fused-ring (bicyclic) bond motifs is 1. The first kappa shape index (κ1) is 11.6. The molecule has 3 aromatic rings. The van der Waals surface area contributed by atoms with Crippen LogP contribution in [0.1, 0.15) is 5.56 Å². The Labute approximate surface area is 113 Å². The molecule has 0 fully saturated rings. The topological polar surface area (TPSA) is 56.7 Å². The summed E-state index contributed by atoms with van der Waals surface area (Å²) in [6.45, 7) is 0. The molecular formula is C12H12N4S2. The number of benzene rings is 1. The third-order valence-corrected chi connectivity index (χ3v) is 4.87. The Bertz CT molecular complexity index is 686. The maximum atomic E-state index is 5.66. The Hall–Kier alpha value is -1.53. The summed E-state index contributed by atoms with van der Waals surface area (Å²) in [6, 6.07) is 8.45. The van der Waals surface area contributed by atoms with Gasteiger partial charge in [0.05, 0.1) is 0 Å². The second kappa shape index (κ2) is 4.62. The number of aromatic nitrogens is 3. The normalized spacial score (nSPS) is 11.2. The molecule has 0 bridgehead atoms. The number of anilines is 1. The Morgan fingerprint density at radius 2 is 2.17 bits per heavy atom. The lowest BCUT2D eigenvalue weighted by Gasteiger charge is -2.00. The number of nitrogens with zero attached hydrogens (tertiary/aromatic N) is 3. The molecule has 0 aliphatic heterocycles. The molecule has 0 unspecified atom stereocenters. The van der Waals surface area contributed by atoms with Crippen molar-refractivity contribution >= 4 is 39.1 Å². The highest BCUT2D eigenvalue weighted by atomic mass is 32.2. The number of rotatable bonds is 3. The second-order valence-corrected chi connectivity index (χ2v) is 5.80. The lowest BCUT2D eigenvalue weighted by Crippen LogP contribution is -1.97. The summed E-state index contributed by atoms with van der Waals surface area (Å²) in [7, 11) is 1.88. The Morgan fingerprint density at radius 3 is 2.94 bits per heavy atom. The van der Waals surface area contributed by atoms with Gasteiger partial charge in [-0.1, -0.05) is 30.0 Å². The van der Waals surface area contributed by atoms with Gasteiger partial charge in [0.2, 0.25) is 5.95 Å². The van der Waals surface area contributed by atoms with Crippen molar-refractivity contribution in [3.63, 3.8) is 0 Å². The molecule has 18 heavy (non-hydrogen) atoms. The van der Waals surface area contributed by atoms with Crippen LogP contribution in [0.15, 0.2) is 34.8 Å². The number of thioether (sulfide) groups is 1. The van der Waals surface area contributed by atoms with E-state index in [-0.39, 0.29) is 0 Å². The average Bonchev–Trinajstić information content (AvgIpc) is 2.94. The van der Waals surface area contributed by atoms with Gasteiger partial charge in [-0.15, -0.1) is 21.5 Å². The van der Waals surface area contributed by atoms with Gasteiger partial charge in [0.15, 0.2) is 5.16 Å². The molecule has 92 valence electrons. The summed E-state index contributed by atoms with van der Waals surface area (Å²) in [5.41, 5.74) is 6.99. The number of nitrogen functional groups attached to an aromatic ring is 1. The van der Waals surface area contributed by atoms with E-state index in [2.05, 4.69) is 39.8 Å². The minimum Gasteiger partial charge on any atom is -0.368 e. The van der Waals surface area contributed by atoms with Crippen LogP contribution in [0.4, 0.5) is 5.95 Å². The minimum atomic E-state index is 0.452. The molecule has 0 saturated carbocycles. The molecule has 3 rings (SSSR count). The van der Waals surface area contributed by atoms with Crippen LogP contribution in [-0.2, 0) is 12.8 Å². The molecule has 0 spiro atoms. The van der Waals surface area contributed by atoms with Crippen LogP contribution in [0.3, 0.4) is 0 Å². The van der Waals surface area contributed by atoms with Crippen molar-refractivity contribution in [3.05, 3.63) is 35.2 Å². The molecule has 4 nitrogen and oxygen atoms in total. The standard InChI is InChI=1S/C12H12N4S2/c1-16-11(13)14-15-12(16)18-7-8-6-17-10-5-3-2-4-9(8)10/h2-6H,7H2,1H3,(H2,13,14). The minimum absolute atomic E-state index is 0.452. The molecule has 0 amide bonds. The summed E-state index contributed by atoms with van der Waals surface area (Å²) in [5, 5.41) is 12.3. The first-order chi connectivity index (χ1) is 8.75. The summed E-state index contributed by atoms with van der Waals surface area (Å²) < 4.78 is 3.13. The van der Waals surface area contributed by atoms with Crippen LogP contribution in [0.5, 0.6) is 0 Å². The van der Waals surface area contributed by atoms with E-state index >= 15 is 0 Å². The van der Waals surface area contributed by atoms with Crippen molar-refractivity contribution in [1.29, 1.82) is 0 Å². The van der Waals surface area contributed by atoms with E-state index in [9.17, 15) is 0 Å². The van der Waals surface area contributed by atoms with Crippen LogP contribution in [0.25, 0.3) is 10.1 Å². The van der Waals surface area contributed by atoms with E-state index < -0.39 is 0 Å². The highest BCUT2D eigenvalue weighted by Gasteiger charge is 2.08. The molecule has 0 saturated heterocycles. The maximum Gasteiger partial charge on any atom is 0.222 e. The number of hydrogen-bond acceptors (Lipinski definition) is 5. The molecule has 0 aliphatic carbocycles. The summed E-state index contributed by atoms with van der Waals surface area (Å²) in [4.78, 5) is 0. The van der Waals surface area contributed by atoms with Gasteiger partial charge in [0.25, 0.3) is 0 Å². The highest BCUT2D eigenvalue weighted by molar-refractivity contribution is 7.98. The molecule has 2 aromatic heterocycles. The van der Waals surface area contributed by atoms with E-state index in [0.717, 1.165) is 10.9 Å². The fourth-order valence-corrected chi connectivity index (χ4v) is 3.72. The summed E-state index contributed by atoms with van der Waals surface area (Å²) in [5.74, 6) is 1.34. The van der Waals surface area contributed by atoms with Gasteiger partial charge < -0.3 is 5.73 Å². The maximum absolute atomic E-state index is 5.66. The van der Waals surface area contributed by atoms with E-state index in [1.807, 2.05) is 7.05 Å². The smallest absolute Gasteiger partial charge is 0.222 e. The predicted molar refractivity (Wildman–Crippen MR) is 76.8 cm³/mol. The zero-order valence-electron chi connectivity index (χ0n) is 9.83. The van der Waals surface area contributed by atoms with Gasteiger partial charge in [-0.05, 0) is 22.4 Å². The first-order valence-electron chi connectivity index (χ1n) is 5.48. The van der Waals surface area contributed by atoms with E-state index in [0.29, 0.717) is 5.95 Å². The Morgan fingerprint density at radius 1 is 1.33 bits per heavy atom. The molecule has 2 N–H and O–H groups in total. The lowest BCUT2D eigenvalue weighted by molar-refractivity contribution is 0.796. The molecule has 6 heteroatoms. The lowest BCUT2D eigenvalue weighted by atomic mass is 10.2. The van der Waals surface area contributed by atoms with E-state index in [1.165, 1.54) is 15.6 Å². The van der Waals surface area contributed by atoms with Crippen molar-refractivity contribution < 1.29 is 0 Å². The molecular weight excluding hydrogens is 264 g/mol. The Balaban J connectivity index is 1.83. The van der Waals surface area contributed by atoms with Crippen LogP contribution in [0.2, 0.25) is 0 Å². The van der Waals surface area contributed by atoms with Gasteiger partial charge in [-0.3, -0.25) is 4.57 Å². The molecule has 0 atom stereocenters. The first-order valence-corrected chi connectivity index (χ1v) is 7.35. The largest absolute Gasteiger partial charge is 0.368 e. The quantitative estimate of drug-likeness (QED) is 0.747. The van der Waals surface area contributed by atoms with Crippen molar-refractivity contribution in [1.82, 2.24) is 14.8 Å². The number of hydrogen-bond donors (Lipinski definition) is 1. The average molecular weight is 276 g/mol. The van der Waals surface area contributed by atoms with Crippen LogP contribution in [0, 0.1) is 0 Å². The summed E-state index contributed by atoms with van der Waals surface area (Å²) in [6.07, 6.45) is 0. The number of thiophene rings is 1. The van der Waals surface area contributed by atoms with Crippen molar-refractivity contribution in [2.45, 2.75) is 10.9 Å². The fraction of sp³-hybridized carbons (Fsp3) is 0.167. The third kappa shape index (κ3) is 1.97. The molecule has 0 radical (unpaired) electrons. The SMILES string of the molecule is Cn1c(N)nnc1SCc1csc2ccccc12. The van der Waals surface area contributed by atoms with Gasteiger partial charge >= 0.3 is 0 Å². The van der Waals surface area contributed by atoms with Gasteiger partial charge in [-0.2, -0.15) is 0 Å². The van der Waals surface area contributed by atoms with Crippen molar-refractivity contribution in [2.75, 3.05) is 5.73 Å². The van der Waals surface area contributed by atoms with Crippen molar-refractivity contribution in [3.8, 4) is 0 Å². The van der Waals surface area contributed by atoms with E-state index in [4.69, 9.17) is 5.73 Å². The highest BCUT2D eigenvalue weighted by Crippen LogP contribution is 2.30. The third-order valence-electron chi connectivity index (χ3n) is 2.79. The van der Waals surface area contributed by atoms with Gasteiger partial charge in [-0.25, -0.2) is 0 Å². The van der Waals surface area contributed by atoms with Crippen molar-refractivity contribution in [2.24, 2.45) is 7.05 Å². The van der Waals surface area contributed by atoms with Crippen LogP contribution in [-0.4, -0.2) is 14.8 Å². The zero-order chi connectivity index (χ0) is 12.5. The van der Waals surface area contributed by atoms with Crippen LogP contribution >= 0.6 is 23.1 Å². The monoisotopic (exact) mass is 276 g/mol.